The molecule has 0 radical (unpaired) electrons. The van der Waals surface area contributed by atoms with Gasteiger partial charge in [0.15, 0.2) is 0 Å². The van der Waals surface area contributed by atoms with Crippen molar-refractivity contribution in [2.45, 2.75) is 12.7 Å². The first kappa shape index (κ1) is 15.8. The van der Waals surface area contributed by atoms with Crippen LogP contribution in [0.5, 0.6) is 0 Å². The van der Waals surface area contributed by atoms with E-state index in [-0.39, 0.29) is 0 Å². The molecule has 0 unspecified atom stereocenters. The van der Waals surface area contributed by atoms with Crippen LogP contribution >= 0.6 is 0 Å². The Balaban J connectivity index is 1.81. The zero-order valence-electron chi connectivity index (χ0n) is 12.1. The maximum Gasteiger partial charge on any atom is 0.417 e. The van der Waals surface area contributed by atoms with Crippen LogP contribution in [0.25, 0.3) is 11.0 Å². The second kappa shape index (κ2) is 5.84. The van der Waals surface area contributed by atoms with Gasteiger partial charge in [0.1, 0.15) is 12.9 Å². The molecular formula is C15H11F3N4O2. The van der Waals surface area contributed by atoms with Crippen molar-refractivity contribution < 1.29 is 18.0 Å². The van der Waals surface area contributed by atoms with Crippen LogP contribution < -0.4 is 11.0 Å². The Morgan fingerprint density at radius 2 is 1.92 bits per heavy atom. The molecule has 124 valence electrons. The third-order valence-corrected chi connectivity index (χ3v) is 3.32. The van der Waals surface area contributed by atoms with Gasteiger partial charge in [-0.1, -0.05) is 12.1 Å². The second-order valence-electron chi connectivity index (χ2n) is 5.02. The van der Waals surface area contributed by atoms with Crippen LogP contribution in [0.3, 0.4) is 0 Å². The molecule has 9 heteroatoms. The number of aromatic nitrogens is 3. The van der Waals surface area contributed by atoms with Gasteiger partial charge < -0.3 is 4.57 Å². The number of hydrogen-bond donors (Lipinski definition) is 1. The molecule has 2 aromatic heterocycles. The lowest BCUT2D eigenvalue weighted by atomic mass is 10.3. The van der Waals surface area contributed by atoms with Crippen molar-refractivity contribution in [3.05, 3.63) is 64.8 Å². The quantitative estimate of drug-likeness (QED) is 0.795. The molecule has 2 heterocycles. The first-order chi connectivity index (χ1) is 11.3. The minimum atomic E-state index is -4.59. The van der Waals surface area contributed by atoms with Crippen molar-refractivity contribution >= 4 is 16.9 Å². The lowest BCUT2D eigenvalue weighted by Crippen LogP contribution is -2.31. The molecule has 1 N–H and O–H groups in total. The van der Waals surface area contributed by atoms with Gasteiger partial charge in [0.2, 0.25) is 0 Å². The summed E-state index contributed by atoms with van der Waals surface area (Å²) in [6, 6.07) is 8.46. The lowest BCUT2D eigenvalue weighted by molar-refractivity contribution is -0.138. The molecule has 3 aromatic rings. The van der Waals surface area contributed by atoms with Gasteiger partial charge in [-0.05, 0) is 18.2 Å². The number of nitrogens with one attached hydrogen (secondary N) is 1. The summed E-state index contributed by atoms with van der Waals surface area (Å²) in [6.07, 6.45) is -2.60. The number of pyridine rings is 1. The Morgan fingerprint density at radius 3 is 2.67 bits per heavy atom. The highest BCUT2D eigenvalue weighted by molar-refractivity contribution is 5.86. The number of amides is 1. The average molecular weight is 336 g/mol. The van der Waals surface area contributed by atoms with E-state index in [1.807, 2.05) is 0 Å². The number of hydrogen-bond acceptors (Lipinski definition) is 3. The zero-order valence-corrected chi connectivity index (χ0v) is 12.1. The number of rotatable bonds is 3. The topological polar surface area (TPSA) is 68.9 Å². The van der Waals surface area contributed by atoms with E-state index < -0.39 is 29.8 Å². The fourth-order valence-corrected chi connectivity index (χ4v) is 2.20. The number of fused-ring (bicyclic) bond motifs is 1. The van der Waals surface area contributed by atoms with Crippen molar-refractivity contribution in [2.75, 3.05) is 5.43 Å². The molecule has 6 nitrogen and oxygen atoms in total. The molecule has 0 saturated heterocycles. The summed E-state index contributed by atoms with van der Waals surface area (Å²) in [5.74, 6) is -0.653. The second-order valence-corrected chi connectivity index (χ2v) is 5.02. The third-order valence-electron chi connectivity index (χ3n) is 3.32. The number of benzene rings is 1. The molecule has 0 spiro atoms. The van der Waals surface area contributed by atoms with Crippen LogP contribution in [0.2, 0.25) is 0 Å². The smallest absolute Gasteiger partial charge is 0.305 e. The van der Waals surface area contributed by atoms with Crippen molar-refractivity contribution in [2.24, 2.45) is 0 Å². The van der Waals surface area contributed by atoms with Gasteiger partial charge in [-0.25, -0.2) is 9.66 Å². The Hall–Kier alpha value is -3.10. The molecule has 0 bridgehead atoms. The molecular weight excluding hydrogens is 325 g/mol. The van der Waals surface area contributed by atoms with E-state index in [2.05, 4.69) is 10.4 Å². The third kappa shape index (κ3) is 3.14. The van der Waals surface area contributed by atoms with E-state index in [1.165, 1.54) is 11.0 Å². The maximum atomic E-state index is 12.7. The number of nitrogens with zero attached hydrogens (tertiary/aromatic N) is 3. The van der Waals surface area contributed by atoms with Crippen LogP contribution in [0.1, 0.15) is 5.56 Å². The predicted molar refractivity (Wildman–Crippen MR) is 79.8 cm³/mol. The fraction of sp³-hybridized carbons (Fsp3) is 0.133. The van der Waals surface area contributed by atoms with Gasteiger partial charge in [-0.2, -0.15) is 13.2 Å². The Bertz CT molecular complexity index is 959. The van der Waals surface area contributed by atoms with Crippen LogP contribution in [0.4, 0.5) is 13.2 Å². The van der Waals surface area contributed by atoms with Gasteiger partial charge in [-0.15, -0.1) is 0 Å². The fourth-order valence-electron chi connectivity index (χ4n) is 2.20. The molecule has 0 aliphatic rings. The summed E-state index contributed by atoms with van der Waals surface area (Å²) >= 11 is 0. The highest BCUT2D eigenvalue weighted by Crippen LogP contribution is 2.27. The van der Waals surface area contributed by atoms with Crippen molar-refractivity contribution in [1.29, 1.82) is 0 Å². The first-order valence-electron chi connectivity index (χ1n) is 6.84. The number of imidazole rings is 1. The lowest BCUT2D eigenvalue weighted by Gasteiger charge is -2.11. The molecule has 1 amide bonds. The van der Waals surface area contributed by atoms with Crippen molar-refractivity contribution in [1.82, 2.24) is 14.2 Å². The van der Waals surface area contributed by atoms with Crippen LogP contribution in [-0.4, -0.2) is 20.1 Å². The number of halogens is 3. The molecule has 0 atom stereocenters. The normalized spacial score (nSPS) is 11.6. The average Bonchev–Trinajstić information content (AvgIpc) is 2.91. The molecule has 3 rings (SSSR count). The summed E-state index contributed by atoms with van der Waals surface area (Å²) in [5, 5.41) is 0. The summed E-state index contributed by atoms with van der Waals surface area (Å²) in [7, 11) is 0. The van der Waals surface area contributed by atoms with E-state index in [0.717, 1.165) is 6.07 Å². The molecule has 24 heavy (non-hydrogen) atoms. The summed E-state index contributed by atoms with van der Waals surface area (Å²) in [5.41, 5.74) is 2.05. The van der Waals surface area contributed by atoms with Crippen molar-refractivity contribution in [3.63, 3.8) is 0 Å². The Kier molecular flexibility index (Phi) is 3.84. The van der Waals surface area contributed by atoms with Gasteiger partial charge in [0.25, 0.3) is 11.5 Å². The van der Waals surface area contributed by atoms with Gasteiger partial charge in [-0.3, -0.25) is 15.0 Å². The Labute approximate surface area is 133 Å². The number of carbonyl (C=O) groups excluding carboxylic acids is 1. The number of para-hydroxylation sites is 2. The number of alkyl halides is 3. The van der Waals surface area contributed by atoms with E-state index in [0.29, 0.717) is 27.9 Å². The highest BCUT2D eigenvalue weighted by atomic mass is 19.4. The molecule has 1 aromatic carbocycles. The summed E-state index contributed by atoms with van der Waals surface area (Å²) < 4.78 is 40.1. The zero-order chi connectivity index (χ0) is 17.3. The standard InChI is InChI=1S/C15H11F3N4O2/c16-15(17,18)10-5-6-14(24)21(7-10)8-13(23)20-22-9-19-11-3-1-2-4-12(11)22/h1-7,9H,8H2,(H,20,23). The first-order valence-corrected chi connectivity index (χ1v) is 6.84. The highest BCUT2D eigenvalue weighted by Gasteiger charge is 2.31. The molecule has 0 saturated carbocycles. The van der Waals surface area contributed by atoms with Gasteiger partial charge in [0.05, 0.1) is 16.6 Å². The molecule has 0 aliphatic heterocycles. The minimum absolute atomic E-state index is 0.546. The van der Waals surface area contributed by atoms with Crippen LogP contribution in [-0.2, 0) is 17.5 Å². The van der Waals surface area contributed by atoms with E-state index in [9.17, 15) is 22.8 Å². The van der Waals surface area contributed by atoms with Crippen molar-refractivity contribution in [3.8, 4) is 0 Å². The summed E-state index contributed by atoms with van der Waals surface area (Å²) in [4.78, 5) is 27.8. The molecule has 0 aliphatic carbocycles. The largest absolute Gasteiger partial charge is 0.417 e. The minimum Gasteiger partial charge on any atom is -0.305 e. The van der Waals surface area contributed by atoms with E-state index in [1.54, 1.807) is 24.3 Å². The van der Waals surface area contributed by atoms with Crippen LogP contribution in [0.15, 0.2) is 53.7 Å². The molecule has 0 fully saturated rings. The summed E-state index contributed by atoms with van der Waals surface area (Å²) in [6.45, 7) is -0.546. The maximum absolute atomic E-state index is 12.7. The van der Waals surface area contributed by atoms with Gasteiger partial charge in [0, 0.05) is 12.3 Å². The Morgan fingerprint density at radius 1 is 1.17 bits per heavy atom. The monoisotopic (exact) mass is 336 g/mol. The predicted octanol–water partition coefficient (Wildman–Crippen LogP) is 1.99. The van der Waals surface area contributed by atoms with Gasteiger partial charge >= 0.3 is 6.18 Å². The van der Waals surface area contributed by atoms with E-state index >= 15 is 0 Å². The van der Waals surface area contributed by atoms with E-state index in [4.69, 9.17) is 0 Å². The number of carbonyl (C=O) groups is 1. The van der Waals surface area contributed by atoms with Crippen LogP contribution in [0, 0.1) is 0 Å². The SMILES string of the molecule is O=C(Cn1cc(C(F)(F)F)ccc1=O)Nn1cnc2ccccc21.